The van der Waals surface area contributed by atoms with Gasteiger partial charge in [0.25, 0.3) is 0 Å². The van der Waals surface area contributed by atoms with E-state index in [-0.39, 0.29) is 24.0 Å². The molecule has 0 atom stereocenters. The maximum atomic E-state index is 6.06. The number of benzene rings is 2. The summed E-state index contributed by atoms with van der Waals surface area (Å²) in [5.74, 6) is 0.814. The van der Waals surface area contributed by atoms with Gasteiger partial charge in [0.05, 0.1) is 12.7 Å². The Hall–Kier alpha value is -1.84. The van der Waals surface area contributed by atoms with Crippen molar-refractivity contribution in [3.63, 3.8) is 0 Å². The molecule has 2 aromatic carbocycles. The molecule has 0 spiro atoms. The minimum absolute atomic E-state index is 0. The average Bonchev–Trinajstić information content (AvgIpc) is 2.83. The Morgan fingerprint density at radius 1 is 1.09 bits per heavy atom. The summed E-state index contributed by atoms with van der Waals surface area (Å²) >= 11 is 0. The summed E-state index contributed by atoms with van der Waals surface area (Å²) in [7, 11) is 1.81. The molecule has 1 aliphatic heterocycles. The molecule has 33 heavy (non-hydrogen) atoms. The second kappa shape index (κ2) is 15.1. The third kappa shape index (κ3) is 9.51. The Morgan fingerprint density at radius 3 is 2.58 bits per heavy atom. The lowest BCUT2D eigenvalue weighted by Crippen LogP contribution is -2.41. The van der Waals surface area contributed by atoms with Crippen molar-refractivity contribution in [1.29, 1.82) is 0 Å². The minimum atomic E-state index is 0. The molecule has 1 saturated heterocycles. The second-order valence-electron chi connectivity index (χ2n) is 8.21. The summed E-state index contributed by atoms with van der Waals surface area (Å²) < 4.78 is 11.5. The predicted molar refractivity (Wildman–Crippen MR) is 148 cm³/mol. The van der Waals surface area contributed by atoms with Gasteiger partial charge in [-0.25, -0.2) is 0 Å². The Balaban J connectivity index is 0.00000385. The normalized spacial score (nSPS) is 14.5. The molecule has 0 saturated carbocycles. The van der Waals surface area contributed by atoms with E-state index in [1.165, 1.54) is 22.4 Å². The number of hydrogen-bond acceptors (Lipinski definition) is 4. The maximum absolute atomic E-state index is 6.06. The van der Waals surface area contributed by atoms with Crippen molar-refractivity contribution in [3.05, 3.63) is 65.2 Å². The fraction of sp³-hybridized carbons (Fsp3) is 0.500. The summed E-state index contributed by atoms with van der Waals surface area (Å²) in [5, 5.41) is 6.85. The second-order valence-corrected chi connectivity index (χ2v) is 8.21. The molecule has 0 unspecified atom stereocenters. The van der Waals surface area contributed by atoms with E-state index >= 15 is 0 Å². The van der Waals surface area contributed by atoms with E-state index in [4.69, 9.17) is 9.47 Å². The number of likely N-dealkylation sites (N-methyl/N-ethyl adjacent to an activating group) is 1. The molecule has 2 N–H and O–H groups in total. The summed E-state index contributed by atoms with van der Waals surface area (Å²) in [6.45, 7) is 10.0. The first-order valence-electron chi connectivity index (χ1n) is 11.7. The zero-order chi connectivity index (χ0) is 22.6. The highest BCUT2D eigenvalue weighted by Crippen LogP contribution is 2.15. The van der Waals surface area contributed by atoms with Crippen molar-refractivity contribution in [2.24, 2.45) is 4.99 Å². The maximum Gasteiger partial charge on any atom is 0.191 e. The number of hydrogen-bond donors (Lipinski definition) is 2. The van der Waals surface area contributed by atoms with Crippen LogP contribution in [0.4, 0.5) is 5.69 Å². The number of aryl methyl sites for hydroxylation is 1. The van der Waals surface area contributed by atoms with E-state index in [2.05, 4.69) is 82.9 Å². The third-order valence-corrected chi connectivity index (χ3v) is 5.75. The Morgan fingerprint density at radius 2 is 1.85 bits per heavy atom. The van der Waals surface area contributed by atoms with Crippen molar-refractivity contribution in [2.45, 2.75) is 45.9 Å². The van der Waals surface area contributed by atoms with E-state index in [0.29, 0.717) is 12.7 Å². The van der Waals surface area contributed by atoms with Crippen LogP contribution >= 0.6 is 24.0 Å². The van der Waals surface area contributed by atoms with E-state index < -0.39 is 0 Å². The summed E-state index contributed by atoms with van der Waals surface area (Å²) in [6.07, 6.45) is 2.29. The van der Waals surface area contributed by atoms with Crippen LogP contribution in [0, 0.1) is 6.92 Å². The highest BCUT2D eigenvalue weighted by Gasteiger charge is 2.14. The summed E-state index contributed by atoms with van der Waals surface area (Å²) in [6, 6.07) is 17.2. The van der Waals surface area contributed by atoms with Crippen LogP contribution in [0.5, 0.6) is 0 Å². The molecule has 0 radical (unpaired) electrons. The van der Waals surface area contributed by atoms with Crippen LogP contribution in [0.1, 0.15) is 36.5 Å². The first kappa shape index (κ1) is 27.4. The number of aliphatic imine (C=N–C) groups is 1. The molecule has 7 heteroatoms. The van der Waals surface area contributed by atoms with E-state index in [9.17, 15) is 0 Å². The molecule has 1 fully saturated rings. The molecule has 0 amide bonds. The van der Waals surface area contributed by atoms with Gasteiger partial charge in [-0.15, -0.1) is 24.0 Å². The Kier molecular flexibility index (Phi) is 12.6. The fourth-order valence-corrected chi connectivity index (χ4v) is 3.90. The highest BCUT2D eigenvalue weighted by molar-refractivity contribution is 14.0. The molecule has 6 nitrogen and oxygen atoms in total. The first-order chi connectivity index (χ1) is 15.7. The molecule has 0 aliphatic carbocycles. The van der Waals surface area contributed by atoms with Crippen molar-refractivity contribution < 1.29 is 9.47 Å². The van der Waals surface area contributed by atoms with E-state index in [1.807, 2.05) is 7.05 Å². The Labute approximate surface area is 216 Å². The summed E-state index contributed by atoms with van der Waals surface area (Å²) in [5.41, 5.74) is 4.97. The van der Waals surface area contributed by atoms with Gasteiger partial charge in [-0.1, -0.05) is 36.4 Å². The number of nitrogens with one attached hydrogen (secondary N) is 2. The smallest absolute Gasteiger partial charge is 0.191 e. The molecular formula is C26H39IN4O2. The zero-order valence-electron chi connectivity index (χ0n) is 20.2. The number of halogens is 1. The monoisotopic (exact) mass is 566 g/mol. The van der Waals surface area contributed by atoms with Gasteiger partial charge >= 0.3 is 0 Å². The van der Waals surface area contributed by atoms with Crippen LogP contribution in [0.2, 0.25) is 0 Å². The number of nitrogens with zero attached hydrogens (tertiary/aromatic N) is 2. The largest absolute Gasteiger partial charge is 0.381 e. The molecule has 0 bridgehead atoms. The number of anilines is 1. The quantitative estimate of drug-likeness (QED) is 0.252. The van der Waals surface area contributed by atoms with Gasteiger partial charge in [0.1, 0.15) is 0 Å². The molecule has 0 aromatic heterocycles. The van der Waals surface area contributed by atoms with Gasteiger partial charge in [0.15, 0.2) is 5.96 Å². The van der Waals surface area contributed by atoms with Crippen molar-refractivity contribution in [1.82, 2.24) is 10.6 Å². The SMILES string of the molecule is CCN(CCNC(=NC)NCc1cccc(COC2CCOCC2)c1)c1cccc(C)c1.I. The molecule has 182 valence electrons. The van der Waals surface area contributed by atoms with E-state index in [0.717, 1.165) is 58.2 Å². The van der Waals surface area contributed by atoms with Crippen molar-refractivity contribution >= 4 is 35.6 Å². The number of rotatable bonds is 10. The third-order valence-electron chi connectivity index (χ3n) is 5.75. The van der Waals surface area contributed by atoms with Gasteiger partial charge in [-0.05, 0) is 55.5 Å². The Bertz CT molecular complexity index is 856. The van der Waals surface area contributed by atoms with Crippen LogP contribution in [-0.4, -0.2) is 52.0 Å². The molecule has 2 aromatic rings. The number of guanidine groups is 1. The van der Waals surface area contributed by atoms with Crippen molar-refractivity contribution in [2.75, 3.05) is 44.8 Å². The van der Waals surface area contributed by atoms with Crippen molar-refractivity contribution in [3.8, 4) is 0 Å². The van der Waals surface area contributed by atoms with Gasteiger partial charge in [0.2, 0.25) is 0 Å². The van der Waals surface area contributed by atoms with Gasteiger partial charge in [-0.2, -0.15) is 0 Å². The zero-order valence-corrected chi connectivity index (χ0v) is 22.5. The lowest BCUT2D eigenvalue weighted by molar-refractivity contribution is -0.0390. The molecular weight excluding hydrogens is 527 g/mol. The molecule has 1 heterocycles. The molecule has 1 aliphatic rings. The van der Waals surface area contributed by atoms with Crippen LogP contribution in [-0.2, 0) is 22.6 Å². The summed E-state index contributed by atoms with van der Waals surface area (Å²) in [4.78, 5) is 6.74. The lowest BCUT2D eigenvalue weighted by atomic mass is 10.1. The lowest BCUT2D eigenvalue weighted by Gasteiger charge is -2.24. The molecule has 3 rings (SSSR count). The van der Waals surface area contributed by atoms with Crippen LogP contribution < -0.4 is 15.5 Å². The minimum Gasteiger partial charge on any atom is -0.381 e. The van der Waals surface area contributed by atoms with Crippen LogP contribution in [0.15, 0.2) is 53.5 Å². The van der Waals surface area contributed by atoms with Crippen LogP contribution in [0.25, 0.3) is 0 Å². The highest BCUT2D eigenvalue weighted by atomic mass is 127. The van der Waals surface area contributed by atoms with E-state index in [1.54, 1.807) is 0 Å². The topological polar surface area (TPSA) is 58.1 Å². The first-order valence-corrected chi connectivity index (χ1v) is 11.7. The van der Waals surface area contributed by atoms with Gasteiger partial charge in [0, 0.05) is 52.1 Å². The van der Waals surface area contributed by atoms with Gasteiger partial charge in [-0.3, -0.25) is 4.99 Å². The van der Waals surface area contributed by atoms with Gasteiger partial charge < -0.3 is 25.0 Å². The average molecular weight is 567 g/mol. The van der Waals surface area contributed by atoms with Crippen LogP contribution in [0.3, 0.4) is 0 Å². The number of ether oxygens (including phenoxy) is 2. The standard InChI is InChI=1S/C26H38N4O2.HI/c1-4-30(24-10-5-7-21(2)17-24)14-13-28-26(27-3)29-19-22-8-6-9-23(18-22)20-32-25-11-15-31-16-12-25;/h5-10,17-18,25H,4,11-16,19-20H2,1-3H3,(H2,27,28,29);1H. The predicted octanol–water partition coefficient (Wildman–Crippen LogP) is 4.50. The fourth-order valence-electron chi connectivity index (χ4n) is 3.90.